The number of carbonyl (C=O) groups is 2. The Kier molecular flexibility index (Phi) is 9.10. The molecule has 0 rings (SSSR count). The van der Waals surface area contributed by atoms with E-state index in [0.717, 1.165) is 25.7 Å². The van der Waals surface area contributed by atoms with Gasteiger partial charge in [0.2, 0.25) is 4.32 Å². The maximum absolute atomic E-state index is 12.0. The van der Waals surface area contributed by atoms with Crippen molar-refractivity contribution in [2.24, 2.45) is 5.92 Å². The zero-order valence-corrected chi connectivity index (χ0v) is 14.5. The van der Waals surface area contributed by atoms with Crippen molar-refractivity contribution in [1.82, 2.24) is 0 Å². The molecule has 4 nitrogen and oxygen atoms in total. The predicted octanol–water partition coefficient (Wildman–Crippen LogP) is 4.15. The molecular weight excluding hydrogens is 324 g/mol. The Hall–Kier alpha value is -0.580. The molecule has 2 atom stereocenters. The van der Waals surface area contributed by atoms with Crippen LogP contribution in [0.1, 0.15) is 66.2 Å². The summed E-state index contributed by atoms with van der Waals surface area (Å²) in [5.41, 5.74) is 0. The second-order valence-corrected chi connectivity index (χ2v) is 6.93. The Balaban J connectivity index is 4.34. The summed E-state index contributed by atoms with van der Waals surface area (Å²) >= 11 is 3.00. The van der Waals surface area contributed by atoms with Gasteiger partial charge in [0.1, 0.15) is 6.10 Å². The van der Waals surface area contributed by atoms with E-state index in [1.165, 1.54) is 0 Å². The van der Waals surface area contributed by atoms with Crippen LogP contribution >= 0.6 is 15.9 Å². The van der Waals surface area contributed by atoms with E-state index in [1.807, 2.05) is 6.92 Å². The molecule has 0 aromatic carbocycles. The zero-order valence-electron chi connectivity index (χ0n) is 12.9. The van der Waals surface area contributed by atoms with E-state index in [0.29, 0.717) is 12.3 Å². The monoisotopic (exact) mass is 350 g/mol. The molecule has 0 bridgehead atoms. The fourth-order valence-electron chi connectivity index (χ4n) is 1.90. The number of alkyl halides is 1. The summed E-state index contributed by atoms with van der Waals surface area (Å²) in [7, 11) is 0. The Bertz CT molecular complexity index is 317. The van der Waals surface area contributed by atoms with Crippen molar-refractivity contribution in [2.45, 2.75) is 76.6 Å². The van der Waals surface area contributed by atoms with Gasteiger partial charge in [-0.25, -0.2) is 4.79 Å². The first-order valence-electron chi connectivity index (χ1n) is 7.41. The van der Waals surface area contributed by atoms with Crippen LogP contribution in [-0.4, -0.2) is 27.5 Å². The van der Waals surface area contributed by atoms with Crippen molar-refractivity contribution in [3.8, 4) is 0 Å². The van der Waals surface area contributed by atoms with Crippen LogP contribution in [0, 0.1) is 5.92 Å². The van der Waals surface area contributed by atoms with E-state index >= 15 is 0 Å². The number of ether oxygens (including phenoxy) is 1. The molecule has 0 amide bonds. The molecular formula is C15H27BrO4. The average Bonchev–Trinajstić information content (AvgIpc) is 2.40. The molecule has 118 valence electrons. The maximum atomic E-state index is 12.0. The van der Waals surface area contributed by atoms with Gasteiger partial charge in [-0.15, -0.1) is 0 Å². The summed E-state index contributed by atoms with van der Waals surface area (Å²) in [6.07, 6.45) is 4.73. The number of unbranched alkanes of at least 4 members (excludes halogenated alkanes) is 1. The van der Waals surface area contributed by atoms with E-state index < -0.39 is 16.3 Å². The molecule has 0 aliphatic heterocycles. The number of carbonyl (C=O) groups excluding carboxylic acids is 1. The fourth-order valence-corrected chi connectivity index (χ4v) is 1.99. The molecule has 5 heteroatoms. The van der Waals surface area contributed by atoms with Crippen LogP contribution in [0.2, 0.25) is 0 Å². The van der Waals surface area contributed by atoms with Crippen LogP contribution in [0.15, 0.2) is 0 Å². The molecule has 0 saturated heterocycles. The highest BCUT2D eigenvalue weighted by atomic mass is 79.9. The summed E-state index contributed by atoms with van der Waals surface area (Å²) in [5, 5.41) is 9.12. The normalized spacial score (nSPS) is 15.7. The van der Waals surface area contributed by atoms with Gasteiger partial charge < -0.3 is 9.84 Å². The lowest BCUT2D eigenvalue weighted by atomic mass is 10.0. The average molecular weight is 351 g/mol. The summed E-state index contributed by atoms with van der Waals surface area (Å²) in [5.74, 6) is -1.21. The standard InChI is InChI=1S/C15H27BrO4/c1-5-12(10-8-7-9-11(3)4)20-14(19)15(16,6-2)13(17)18/h11-12H,5-10H2,1-4H3,(H,17,18). The lowest BCUT2D eigenvalue weighted by molar-refractivity contribution is -0.159. The molecule has 0 radical (unpaired) electrons. The van der Waals surface area contributed by atoms with Gasteiger partial charge in [0.05, 0.1) is 0 Å². The lowest BCUT2D eigenvalue weighted by Gasteiger charge is -2.23. The highest BCUT2D eigenvalue weighted by Crippen LogP contribution is 2.26. The first-order chi connectivity index (χ1) is 9.27. The van der Waals surface area contributed by atoms with Crippen LogP contribution in [0.5, 0.6) is 0 Å². The van der Waals surface area contributed by atoms with Crippen molar-refractivity contribution in [3.05, 3.63) is 0 Å². The molecule has 0 fully saturated rings. The van der Waals surface area contributed by atoms with E-state index in [4.69, 9.17) is 9.84 Å². The third kappa shape index (κ3) is 6.25. The predicted molar refractivity (Wildman–Crippen MR) is 83.1 cm³/mol. The van der Waals surface area contributed by atoms with Gasteiger partial charge in [0, 0.05) is 0 Å². The molecule has 20 heavy (non-hydrogen) atoms. The highest BCUT2D eigenvalue weighted by molar-refractivity contribution is 9.10. The number of hydrogen-bond donors (Lipinski definition) is 1. The molecule has 0 spiro atoms. The minimum Gasteiger partial charge on any atom is -0.480 e. The van der Waals surface area contributed by atoms with E-state index in [2.05, 4.69) is 29.8 Å². The van der Waals surface area contributed by atoms with E-state index in [9.17, 15) is 9.59 Å². The van der Waals surface area contributed by atoms with Crippen LogP contribution in [0.25, 0.3) is 0 Å². The van der Waals surface area contributed by atoms with Crippen LogP contribution in [0.3, 0.4) is 0 Å². The van der Waals surface area contributed by atoms with Crippen molar-refractivity contribution >= 4 is 27.9 Å². The fraction of sp³-hybridized carbons (Fsp3) is 0.867. The number of esters is 1. The Morgan fingerprint density at radius 1 is 1.20 bits per heavy atom. The molecule has 0 aromatic rings. The number of aliphatic carboxylic acids is 1. The van der Waals surface area contributed by atoms with Gasteiger partial charge in [-0.2, -0.15) is 0 Å². The van der Waals surface area contributed by atoms with Crippen LogP contribution < -0.4 is 0 Å². The van der Waals surface area contributed by atoms with Crippen molar-refractivity contribution in [2.75, 3.05) is 0 Å². The van der Waals surface area contributed by atoms with Crippen molar-refractivity contribution in [1.29, 1.82) is 0 Å². The minimum atomic E-state index is -1.61. The third-order valence-electron chi connectivity index (χ3n) is 3.44. The van der Waals surface area contributed by atoms with Crippen molar-refractivity contribution < 1.29 is 19.4 Å². The summed E-state index contributed by atoms with van der Waals surface area (Å²) in [6.45, 7) is 7.96. The molecule has 2 unspecified atom stereocenters. The van der Waals surface area contributed by atoms with Crippen molar-refractivity contribution in [3.63, 3.8) is 0 Å². The third-order valence-corrected chi connectivity index (χ3v) is 4.66. The second kappa shape index (κ2) is 9.37. The minimum absolute atomic E-state index is 0.158. The number of halogens is 1. The van der Waals surface area contributed by atoms with Crippen LogP contribution in [-0.2, 0) is 14.3 Å². The molecule has 0 saturated carbocycles. The van der Waals surface area contributed by atoms with Crippen LogP contribution in [0.4, 0.5) is 0 Å². The Morgan fingerprint density at radius 2 is 1.75 bits per heavy atom. The van der Waals surface area contributed by atoms with Gasteiger partial charge in [-0.05, 0) is 31.6 Å². The lowest BCUT2D eigenvalue weighted by Crippen LogP contribution is -2.42. The number of carboxylic acids is 1. The summed E-state index contributed by atoms with van der Waals surface area (Å²) < 4.78 is 3.74. The summed E-state index contributed by atoms with van der Waals surface area (Å²) in [6, 6.07) is 0. The van der Waals surface area contributed by atoms with Gasteiger partial charge in [-0.1, -0.05) is 56.5 Å². The number of carboxylic acid groups (broad SMARTS) is 1. The van der Waals surface area contributed by atoms with Gasteiger partial charge in [0.25, 0.3) is 0 Å². The quantitative estimate of drug-likeness (QED) is 0.278. The Labute approximate surface area is 130 Å². The van der Waals surface area contributed by atoms with Gasteiger partial charge >= 0.3 is 11.9 Å². The first kappa shape index (κ1) is 19.4. The van der Waals surface area contributed by atoms with Gasteiger partial charge in [-0.3, -0.25) is 4.79 Å². The summed E-state index contributed by atoms with van der Waals surface area (Å²) in [4.78, 5) is 23.1. The Morgan fingerprint density at radius 3 is 2.15 bits per heavy atom. The molecule has 0 aliphatic rings. The molecule has 0 heterocycles. The highest BCUT2D eigenvalue weighted by Gasteiger charge is 2.44. The first-order valence-corrected chi connectivity index (χ1v) is 8.20. The topological polar surface area (TPSA) is 63.6 Å². The van der Waals surface area contributed by atoms with E-state index in [-0.39, 0.29) is 12.5 Å². The van der Waals surface area contributed by atoms with E-state index in [1.54, 1.807) is 6.92 Å². The smallest absolute Gasteiger partial charge is 0.334 e. The zero-order chi connectivity index (χ0) is 15.8. The molecule has 0 aromatic heterocycles. The number of rotatable bonds is 10. The molecule has 0 aliphatic carbocycles. The second-order valence-electron chi connectivity index (χ2n) is 5.57. The maximum Gasteiger partial charge on any atom is 0.334 e. The largest absolute Gasteiger partial charge is 0.480 e. The van der Waals surface area contributed by atoms with Gasteiger partial charge in [0.15, 0.2) is 0 Å². The molecule has 1 N–H and O–H groups in total. The number of hydrogen-bond acceptors (Lipinski definition) is 3. The SMILES string of the molecule is CCC(CCCCC(C)C)OC(=O)C(Br)(CC)C(=O)O.